The molecule has 0 spiro atoms. The molecule has 1 aliphatic rings. The van der Waals surface area contributed by atoms with Crippen LogP contribution in [0, 0.1) is 5.92 Å². The van der Waals surface area contributed by atoms with Gasteiger partial charge in [0.05, 0.1) is 24.9 Å². The summed E-state index contributed by atoms with van der Waals surface area (Å²) in [6.07, 6.45) is 6.11. The minimum Gasteiger partial charge on any atom is -0.472 e. The van der Waals surface area contributed by atoms with E-state index in [1.807, 2.05) is 0 Å². The van der Waals surface area contributed by atoms with E-state index in [1.54, 1.807) is 6.07 Å². The second-order valence-corrected chi connectivity index (χ2v) is 6.92. The van der Waals surface area contributed by atoms with Crippen LogP contribution in [0.5, 0.6) is 0 Å². The zero-order chi connectivity index (χ0) is 13.2. The number of hydrogen-bond donors (Lipinski definition) is 1. The van der Waals surface area contributed by atoms with Crippen LogP contribution in [-0.4, -0.2) is 37.2 Å². The molecule has 2 rings (SSSR count). The fraction of sp³-hybridized carbons (Fsp3) is 0.667. The molecule has 2 atom stereocenters. The van der Waals surface area contributed by atoms with Crippen LogP contribution in [0.1, 0.15) is 30.9 Å². The normalized spacial score (nSPS) is 24.0. The zero-order valence-corrected chi connectivity index (χ0v) is 11.3. The molecule has 1 N–H and O–H groups in total. The van der Waals surface area contributed by atoms with Crippen molar-refractivity contribution in [3.63, 3.8) is 0 Å². The maximum atomic E-state index is 11.5. The van der Waals surface area contributed by atoms with Gasteiger partial charge in [-0.1, -0.05) is 0 Å². The van der Waals surface area contributed by atoms with E-state index in [9.17, 15) is 13.5 Å². The van der Waals surface area contributed by atoms with Crippen LogP contribution in [0.3, 0.4) is 0 Å². The number of furan rings is 1. The predicted octanol–water partition coefficient (Wildman–Crippen LogP) is 1.37. The fourth-order valence-electron chi connectivity index (χ4n) is 2.44. The number of sulfonamides is 1. The summed E-state index contributed by atoms with van der Waals surface area (Å²) in [6, 6.07) is 1.74. The lowest BCUT2D eigenvalue weighted by Crippen LogP contribution is -2.39. The first-order valence-electron chi connectivity index (χ1n) is 6.12. The van der Waals surface area contributed by atoms with Crippen molar-refractivity contribution in [3.8, 4) is 0 Å². The van der Waals surface area contributed by atoms with Crippen molar-refractivity contribution in [1.29, 1.82) is 0 Å². The maximum Gasteiger partial charge on any atom is 0.211 e. The van der Waals surface area contributed by atoms with Gasteiger partial charge in [-0.25, -0.2) is 12.7 Å². The molecular weight excluding hydrogens is 254 g/mol. The number of nitrogens with zero attached hydrogens (tertiary/aromatic N) is 1. The monoisotopic (exact) mass is 273 g/mol. The highest BCUT2D eigenvalue weighted by Gasteiger charge is 2.27. The Bertz CT molecular complexity index is 468. The Morgan fingerprint density at radius 1 is 1.61 bits per heavy atom. The highest BCUT2D eigenvalue weighted by Crippen LogP contribution is 2.28. The molecular formula is C12H19NO4S. The summed E-state index contributed by atoms with van der Waals surface area (Å²) in [5.41, 5.74) is 0.756. The standard InChI is InChI=1S/C12H19NO4S/c1-18(15,16)13-5-2-3-10(8-13)7-12(14)11-4-6-17-9-11/h4,6,9-10,12,14H,2-3,5,7-8H2,1H3. The Balaban J connectivity index is 1.94. The predicted molar refractivity (Wildman–Crippen MR) is 67.4 cm³/mol. The van der Waals surface area contributed by atoms with Crippen LogP contribution < -0.4 is 0 Å². The van der Waals surface area contributed by atoms with Gasteiger partial charge in [0.2, 0.25) is 10.0 Å². The van der Waals surface area contributed by atoms with E-state index in [0.717, 1.165) is 18.4 Å². The molecule has 1 fully saturated rings. The third kappa shape index (κ3) is 3.34. The van der Waals surface area contributed by atoms with Gasteiger partial charge in [-0.3, -0.25) is 0 Å². The molecule has 2 heterocycles. The molecule has 18 heavy (non-hydrogen) atoms. The van der Waals surface area contributed by atoms with Gasteiger partial charge in [0.15, 0.2) is 0 Å². The van der Waals surface area contributed by atoms with Gasteiger partial charge in [0, 0.05) is 18.7 Å². The number of rotatable bonds is 4. The molecule has 0 bridgehead atoms. The van der Waals surface area contributed by atoms with Crippen molar-refractivity contribution in [2.45, 2.75) is 25.4 Å². The molecule has 0 amide bonds. The quantitative estimate of drug-likeness (QED) is 0.899. The largest absolute Gasteiger partial charge is 0.472 e. The van der Waals surface area contributed by atoms with Crippen molar-refractivity contribution in [2.24, 2.45) is 5.92 Å². The minimum atomic E-state index is -3.12. The summed E-state index contributed by atoms with van der Waals surface area (Å²) in [4.78, 5) is 0. The minimum absolute atomic E-state index is 0.207. The van der Waals surface area contributed by atoms with E-state index < -0.39 is 16.1 Å². The van der Waals surface area contributed by atoms with E-state index in [-0.39, 0.29) is 5.92 Å². The van der Waals surface area contributed by atoms with Crippen molar-refractivity contribution in [3.05, 3.63) is 24.2 Å². The lowest BCUT2D eigenvalue weighted by Gasteiger charge is -2.31. The summed E-state index contributed by atoms with van der Waals surface area (Å²) in [5, 5.41) is 10.0. The van der Waals surface area contributed by atoms with Gasteiger partial charge < -0.3 is 9.52 Å². The highest BCUT2D eigenvalue weighted by atomic mass is 32.2. The first kappa shape index (κ1) is 13.6. The molecule has 1 aliphatic heterocycles. The van der Waals surface area contributed by atoms with Crippen molar-refractivity contribution in [1.82, 2.24) is 4.31 Å². The molecule has 1 aromatic rings. The first-order chi connectivity index (χ1) is 8.47. The Morgan fingerprint density at radius 3 is 3.00 bits per heavy atom. The summed E-state index contributed by atoms with van der Waals surface area (Å²) < 4.78 is 29.4. The smallest absolute Gasteiger partial charge is 0.211 e. The molecule has 102 valence electrons. The van der Waals surface area contributed by atoms with Crippen LogP contribution in [0.25, 0.3) is 0 Å². The molecule has 2 unspecified atom stereocenters. The third-order valence-corrected chi connectivity index (χ3v) is 4.70. The van der Waals surface area contributed by atoms with E-state index in [4.69, 9.17) is 4.42 Å². The molecule has 6 heteroatoms. The van der Waals surface area contributed by atoms with Gasteiger partial charge in [0.25, 0.3) is 0 Å². The zero-order valence-electron chi connectivity index (χ0n) is 10.4. The van der Waals surface area contributed by atoms with E-state index >= 15 is 0 Å². The van der Waals surface area contributed by atoms with Gasteiger partial charge in [-0.15, -0.1) is 0 Å². The van der Waals surface area contributed by atoms with E-state index in [2.05, 4.69) is 0 Å². The number of aliphatic hydroxyl groups excluding tert-OH is 1. The molecule has 0 aromatic carbocycles. The van der Waals surface area contributed by atoms with Crippen molar-refractivity contribution < 1.29 is 17.9 Å². The van der Waals surface area contributed by atoms with Crippen molar-refractivity contribution in [2.75, 3.05) is 19.3 Å². The molecule has 0 aliphatic carbocycles. The summed E-state index contributed by atoms with van der Waals surface area (Å²) in [7, 11) is -3.12. The van der Waals surface area contributed by atoms with Crippen LogP contribution in [-0.2, 0) is 10.0 Å². The van der Waals surface area contributed by atoms with Crippen LogP contribution in [0.2, 0.25) is 0 Å². The first-order valence-corrected chi connectivity index (χ1v) is 7.97. The second-order valence-electron chi connectivity index (χ2n) is 4.94. The average Bonchev–Trinajstić information content (AvgIpc) is 2.81. The number of aliphatic hydroxyl groups is 1. The van der Waals surface area contributed by atoms with Crippen LogP contribution >= 0.6 is 0 Å². The van der Waals surface area contributed by atoms with Gasteiger partial charge in [0.1, 0.15) is 0 Å². The molecule has 0 saturated carbocycles. The Labute approximate surface area is 107 Å². The molecule has 1 saturated heterocycles. The van der Waals surface area contributed by atoms with Crippen LogP contribution in [0.4, 0.5) is 0 Å². The Kier molecular flexibility index (Phi) is 4.09. The lowest BCUT2D eigenvalue weighted by atomic mass is 9.92. The lowest BCUT2D eigenvalue weighted by molar-refractivity contribution is 0.122. The molecule has 5 nitrogen and oxygen atoms in total. The SMILES string of the molecule is CS(=O)(=O)N1CCCC(CC(O)c2ccoc2)C1. The summed E-state index contributed by atoms with van der Waals surface area (Å²) >= 11 is 0. The average molecular weight is 273 g/mol. The van der Waals surface area contributed by atoms with Gasteiger partial charge in [-0.2, -0.15) is 0 Å². The topological polar surface area (TPSA) is 70.8 Å². The third-order valence-electron chi connectivity index (χ3n) is 3.44. The van der Waals surface area contributed by atoms with Gasteiger partial charge >= 0.3 is 0 Å². The van der Waals surface area contributed by atoms with E-state index in [0.29, 0.717) is 19.5 Å². The van der Waals surface area contributed by atoms with Crippen molar-refractivity contribution >= 4 is 10.0 Å². The Morgan fingerprint density at radius 2 is 2.39 bits per heavy atom. The Hall–Kier alpha value is -0.850. The number of hydrogen-bond acceptors (Lipinski definition) is 4. The fourth-order valence-corrected chi connectivity index (χ4v) is 3.38. The molecule has 0 radical (unpaired) electrons. The summed E-state index contributed by atoms with van der Waals surface area (Å²) in [6.45, 7) is 1.10. The summed E-state index contributed by atoms with van der Waals surface area (Å²) in [5.74, 6) is 0.207. The molecule has 1 aromatic heterocycles. The van der Waals surface area contributed by atoms with Gasteiger partial charge in [-0.05, 0) is 31.2 Å². The second kappa shape index (κ2) is 5.42. The van der Waals surface area contributed by atoms with Crippen LogP contribution in [0.15, 0.2) is 23.0 Å². The maximum absolute atomic E-state index is 11.5. The van der Waals surface area contributed by atoms with E-state index in [1.165, 1.54) is 23.1 Å². The number of piperidine rings is 1. The highest BCUT2D eigenvalue weighted by molar-refractivity contribution is 7.88.